The molecule has 1 atom stereocenters. The summed E-state index contributed by atoms with van der Waals surface area (Å²) in [6.45, 7) is 17.9. The number of rotatable bonds is 9. The minimum atomic E-state index is -1.50. The third-order valence-corrected chi connectivity index (χ3v) is 13.5. The summed E-state index contributed by atoms with van der Waals surface area (Å²) in [6.07, 6.45) is -0.375. The first-order chi connectivity index (χ1) is 10.8. The number of aliphatic hydroxyl groups excluding tert-OH is 1. The summed E-state index contributed by atoms with van der Waals surface area (Å²) in [4.78, 5) is 2.34. The molecule has 0 saturated heterocycles. The molecule has 0 heterocycles. The fourth-order valence-electron chi connectivity index (χ4n) is 4.28. The zero-order valence-corrected chi connectivity index (χ0v) is 17.3. The van der Waals surface area contributed by atoms with Crippen LogP contribution in [0.25, 0.3) is 0 Å². The highest BCUT2D eigenvalue weighted by Crippen LogP contribution is 2.53. The van der Waals surface area contributed by atoms with Gasteiger partial charge in [-0.25, -0.2) is 0 Å². The number of nitrogens with zero attached hydrogens (tertiary/aromatic N) is 1. The van der Waals surface area contributed by atoms with Gasteiger partial charge in [-0.15, -0.1) is 0 Å². The SMILES string of the molecule is CCN(CC)c1ccc(C(O)C(C)(C)[Si](CC)(CC)CC)cc1. The Kier molecular flexibility index (Phi) is 7.34. The maximum Gasteiger partial charge on any atom is 0.0817 e. The summed E-state index contributed by atoms with van der Waals surface area (Å²) in [5.74, 6) is 0. The fraction of sp³-hybridized carbons (Fsp3) is 0.700. The Labute approximate surface area is 144 Å². The van der Waals surface area contributed by atoms with Crippen LogP contribution < -0.4 is 4.90 Å². The molecule has 23 heavy (non-hydrogen) atoms. The zero-order chi connectivity index (χ0) is 17.7. The molecule has 0 radical (unpaired) electrons. The quantitative estimate of drug-likeness (QED) is 0.572. The van der Waals surface area contributed by atoms with Crippen molar-refractivity contribution >= 4 is 13.8 Å². The first kappa shape index (κ1) is 20.2. The van der Waals surface area contributed by atoms with Gasteiger partial charge in [0.25, 0.3) is 0 Å². The summed E-state index contributed by atoms with van der Waals surface area (Å²) in [5.41, 5.74) is 2.31. The second kappa shape index (κ2) is 8.34. The molecule has 1 aromatic rings. The van der Waals surface area contributed by atoms with E-state index in [9.17, 15) is 5.11 Å². The van der Waals surface area contributed by atoms with Gasteiger partial charge in [0.15, 0.2) is 0 Å². The predicted molar refractivity (Wildman–Crippen MR) is 106 cm³/mol. The Balaban J connectivity index is 3.10. The van der Waals surface area contributed by atoms with E-state index >= 15 is 0 Å². The molecule has 0 aromatic heterocycles. The topological polar surface area (TPSA) is 23.5 Å². The summed E-state index contributed by atoms with van der Waals surface area (Å²) in [5, 5.41) is 11.1. The van der Waals surface area contributed by atoms with Gasteiger partial charge in [-0.1, -0.05) is 64.9 Å². The second-order valence-electron chi connectivity index (χ2n) is 7.23. The molecule has 1 N–H and O–H groups in total. The van der Waals surface area contributed by atoms with Crippen molar-refractivity contribution in [1.82, 2.24) is 0 Å². The predicted octanol–water partition coefficient (Wildman–Crippen LogP) is 5.85. The van der Waals surface area contributed by atoms with E-state index in [1.807, 2.05) is 0 Å². The van der Waals surface area contributed by atoms with Crippen LogP contribution in [-0.2, 0) is 0 Å². The number of hydrogen-bond donors (Lipinski definition) is 1. The molecule has 1 rings (SSSR count). The first-order valence-electron chi connectivity index (χ1n) is 9.36. The maximum absolute atomic E-state index is 11.1. The molecule has 132 valence electrons. The highest BCUT2D eigenvalue weighted by atomic mass is 28.3. The monoisotopic (exact) mass is 335 g/mol. The Morgan fingerprint density at radius 1 is 0.913 bits per heavy atom. The smallest absolute Gasteiger partial charge is 0.0817 e. The van der Waals surface area contributed by atoms with Crippen LogP contribution in [-0.4, -0.2) is 26.3 Å². The van der Waals surface area contributed by atoms with Crippen LogP contribution in [0.5, 0.6) is 0 Å². The molecular formula is C20H37NOSi. The van der Waals surface area contributed by atoms with E-state index in [1.165, 1.54) is 23.8 Å². The summed E-state index contributed by atoms with van der Waals surface area (Å²) >= 11 is 0. The largest absolute Gasteiger partial charge is 0.388 e. The lowest BCUT2D eigenvalue weighted by molar-refractivity contribution is 0.130. The standard InChI is InChI=1S/C20H37NOSi/c1-8-21(9-2)18-15-13-17(14-16-18)19(22)20(6,7)23(10-3,11-4)12-5/h13-16,19,22H,8-12H2,1-7H3. The van der Waals surface area contributed by atoms with Gasteiger partial charge in [0.1, 0.15) is 0 Å². The van der Waals surface area contributed by atoms with Gasteiger partial charge in [0, 0.05) is 18.8 Å². The molecular weight excluding hydrogens is 298 g/mol. The normalized spacial score (nSPS) is 13.9. The Morgan fingerprint density at radius 3 is 1.70 bits per heavy atom. The van der Waals surface area contributed by atoms with Crippen LogP contribution in [0.4, 0.5) is 5.69 Å². The van der Waals surface area contributed by atoms with Crippen molar-refractivity contribution in [3.05, 3.63) is 29.8 Å². The molecule has 3 heteroatoms. The molecule has 1 aromatic carbocycles. The molecule has 0 saturated carbocycles. The van der Waals surface area contributed by atoms with E-state index in [-0.39, 0.29) is 11.1 Å². The van der Waals surface area contributed by atoms with Crippen LogP contribution in [0, 0.1) is 0 Å². The van der Waals surface area contributed by atoms with Crippen LogP contribution in [0.3, 0.4) is 0 Å². The third-order valence-electron chi connectivity index (χ3n) is 6.42. The highest BCUT2D eigenvalue weighted by molar-refractivity contribution is 6.82. The van der Waals surface area contributed by atoms with Gasteiger partial charge in [-0.2, -0.15) is 0 Å². The van der Waals surface area contributed by atoms with Gasteiger partial charge in [0.05, 0.1) is 14.2 Å². The molecule has 0 aliphatic carbocycles. The van der Waals surface area contributed by atoms with Gasteiger partial charge in [-0.05, 0) is 36.6 Å². The number of hydrogen-bond acceptors (Lipinski definition) is 2. The van der Waals surface area contributed by atoms with Crippen LogP contribution in [0.2, 0.25) is 23.2 Å². The Hall–Kier alpha value is -0.803. The Morgan fingerprint density at radius 2 is 1.35 bits per heavy atom. The molecule has 0 spiro atoms. The van der Waals surface area contributed by atoms with Crippen molar-refractivity contribution in [3.8, 4) is 0 Å². The van der Waals surface area contributed by atoms with Crippen LogP contribution in [0.15, 0.2) is 24.3 Å². The molecule has 0 aliphatic rings. The van der Waals surface area contributed by atoms with Gasteiger partial charge in [-0.3, -0.25) is 0 Å². The van der Waals surface area contributed by atoms with Crippen LogP contribution in [0.1, 0.15) is 60.1 Å². The molecule has 0 aliphatic heterocycles. The van der Waals surface area contributed by atoms with Gasteiger partial charge in [0.2, 0.25) is 0 Å². The number of benzene rings is 1. The minimum absolute atomic E-state index is 0.0119. The van der Waals surface area contributed by atoms with Gasteiger partial charge < -0.3 is 10.0 Å². The molecule has 1 unspecified atom stereocenters. The molecule has 0 fully saturated rings. The van der Waals surface area contributed by atoms with Crippen molar-refractivity contribution in [2.75, 3.05) is 18.0 Å². The van der Waals surface area contributed by atoms with E-state index in [0.717, 1.165) is 18.7 Å². The maximum atomic E-state index is 11.1. The summed E-state index contributed by atoms with van der Waals surface area (Å²) in [7, 11) is -1.50. The minimum Gasteiger partial charge on any atom is -0.388 e. The van der Waals surface area contributed by atoms with Gasteiger partial charge >= 0.3 is 0 Å². The Bertz CT molecular complexity index is 453. The number of aliphatic hydroxyl groups is 1. The van der Waals surface area contributed by atoms with Crippen molar-refractivity contribution in [3.63, 3.8) is 0 Å². The average molecular weight is 336 g/mol. The van der Waals surface area contributed by atoms with Crippen molar-refractivity contribution < 1.29 is 5.11 Å². The van der Waals surface area contributed by atoms with Crippen LogP contribution >= 0.6 is 0 Å². The van der Waals surface area contributed by atoms with Crippen molar-refractivity contribution in [1.29, 1.82) is 0 Å². The average Bonchev–Trinajstić information content (AvgIpc) is 2.58. The first-order valence-corrected chi connectivity index (χ1v) is 12.0. The molecule has 0 amide bonds. The van der Waals surface area contributed by atoms with E-state index in [2.05, 4.69) is 77.6 Å². The molecule has 0 bridgehead atoms. The van der Waals surface area contributed by atoms with E-state index in [0.29, 0.717) is 0 Å². The fourth-order valence-corrected chi connectivity index (χ4v) is 9.26. The highest BCUT2D eigenvalue weighted by Gasteiger charge is 2.47. The van der Waals surface area contributed by atoms with Crippen molar-refractivity contribution in [2.24, 2.45) is 0 Å². The lowest BCUT2D eigenvalue weighted by Crippen LogP contribution is -2.46. The molecule has 2 nitrogen and oxygen atoms in total. The lowest BCUT2D eigenvalue weighted by atomic mass is 9.97. The zero-order valence-electron chi connectivity index (χ0n) is 16.3. The van der Waals surface area contributed by atoms with E-state index in [4.69, 9.17) is 0 Å². The van der Waals surface area contributed by atoms with Crippen molar-refractivity contribution in [2.45, 2.75) is 77.7 Å². The second-order valence-corrected chi connectivity index (χ2v) is 13.2. The third kappa shape index (κ3) is 3.82. The van der Waals surface area contributed by atoms with E-state index in [1.54, 1.807) is 0 Å². The lowest BCUT2D eigenvalue weighted by Gasteiger charge is -2.47. The summed E-state index contributed by atoms with van der Waals surface area (Å²) in [6, 6.07) is 12.3. The summed E-state index contributed by atoms with van der Waals surface area (Å²) < 4.78 is 0. The van der Waals surface area contributed by atoms with E-state index < -0.39 is 8.07 Å². The number of anilines is 1.